The minimum absolute atomic E-state index is 0.0360. The predicted octanol–water partition coefficient (Wildman–Crippen LogP) is 3.30. The molecule has 1 aromatic carbocycles. The van der Waals surface area contributed by atoms with Crippen molar-refractivity contribution in [3.05, 3.63) is 35.4 Å². The summed E-state index contributed by atoms with van der Waals surface area (Å²) in [6, 6.07) is 8.68. The normalized spacial score (nSPS) is 24.2. The lowest BCUT2D eigenvalue weighted by Gasteiger charge is -2.11. The maximum atomic E-state index is 11.3. The van der Waals surface area contributed by atoms with Gasteiger partial charge in [0.25, 0.3) is 0 Å². The van der Waals surface area contributed by atoms with E-state index < -0.39 is 0 Å². The lowest BCUT2D eigenvalue weighted by Crippen LogP contribution is -2.05. The van der Waals surface area contributed by atoms with E-state index in [1.165, 1.54) is 18.2 Å². The predicted molar refractivity (Wildman–Crippen MR) is 67.8 cm³/mol. The SMILES string of the molecule is COC(=O)C1CC1CC(C)c1ccc(C)cc1. The molecule has 0 heterocycles. The summed E-state index contributed by atoms with van der Waals surface area (Å²) in [4.78, 5) is 11.3. The zero-order valence-electron chi connectivity index (χ0n) is 10.8. The third-order valence-electron chi connectivity index (χ3n) is 3.73. The van der Waals surface area contributed by atoms with Gasteiger partial charge in [0.2, 0.25) is 0 Å². The van der Waals surface area contributed by atoms with Gasteiger partial charge in [-0.1, -0.05) is 36.8 Å². The number of carbonyl (C=O) groups excluding carboxylic acids is 1. The Morgan fingerprint density at radius 3 is 2.65 bits per heavy atom. The van der Waals surface area contributed by atoms with Crippen LogP contribution in [0.2, 0.25) is 0 Å². The molecule has 1 saturated carbocycles. The van der Waals surface area contributed by atoms with E-state index in [1.54, 1.807) is 0 Å². The Hall–Kier alpha value is -1.31. The molecular weight excluding hydrogens is 212 g/mol. The molecule has 2 nitrogen and oxygen atoms in total. The fourth-order valence-corrected chi connectivity index (χ4v) is 2.43. The fourth-order valence-electron chi connectivity index (χ4n) is 2.43. The first-order chi connectivity index (χ1) is 8.11. The summed E-state index contributed by atoms with van der Waals surface area (Å²) in [6.07, 6.45) is 2.09. The molecule has 0 aromatic heterocycles. The quantitative estimate of drug-likeness (QED) is 0.744. The standard InChI is InChI=1S/C15H20O2/c1-10-4-6-12(7-5-10)11(2)8-13-9-14(13)15(16)17-3/h4-7,11,13-14H,8-9H2,1-3H3. The highest BCUT2D eigenvalue weighted by atomic mass is 16.5. The monoisotopic (exact) mass is 232 g/mol. The smallest absolute Gasteiger partial charge is 0.308 e. The van der Waals surface area contributed by atoms with Crippen LogP contribution in [0, 0.1) is 18.8 Å². The lowest BCUT2D eigenvalue weighted by molar-refractivity contribution is -0.142. The van der Waals surface area contributed by atoms with Crippen molar-refractivity contribution in [3.63, 3.8) is 0 Å². The van der Waals surface area contributed by atoms with Crippen LogP contribution in [-0.4, -0.2) is 13.1 Å². The topological polar surface area (TPSA) is 26.3 Å². The molecule has 0 saturated heterocycles. The second-order valence-electron chi connectivity index (χ2n) is 5.17. The summed E-state index contributed by atoms with van der Waals surface area (Å²) in [6.45, 7) is 4.33. The molecular formula is C15H20O2. The van der Waals surface area contributed by atoms with E-state index in [0.717, 1.165) is 12.8 Å². The fraction of sp³-hybridized carbons (Fsp3) is 0.533. The molecule has 0 bridgehead atoms. The van der Waals surface area contributed by atoms with Crippen LogP contribution in [0.5, 0.6) is 0 Å². The van der Waals surface area contributed by atoms with Gasteiger partial charge in [0.05, 0.1) is 13.0 Å². The van der Waals surface area contributed by atoms with Gasteiger partial charge in [-0.2, -0.15) is 0 Å². The van der Waals surface area contributed by atoms with Gasteiger partial charge in [0.1, 0.15) is 0 Å². The maximum Gasteiger partial charge on any atom is 0.308 e. The van der Waals surface area contributed by atoms with E-state index in [9.17, 15) is 4.79 Å². The second kappa shape index (κ2) is 4.91. The zero-order valence-corrected chi connectivity index (χ0v) is 10.8. The van der Waals surface area contributed by atoms with Crippen molar-refractivity contribution in [2.45, 2.75) is 32.6 Å². The van der Waals surface area contributed by atoms with Crippen LogP contribution in [-0.2, 0) is 9.53 Å². The Morgan fingerprint density at radius 1 is 1.41 bits per heavy atom. The molecule has 1 aliphatic carbocycles. The van der Waals surface area contributed by atoms with E-state index >= 15 is 0 Å². The third kappa shape index (κ3) is 2.87. The number of hydrogen-bond acceptors (Lipinski definition) is 2. The number of carbonyl (C=O) groups is 1. The van der Waals surface area contributed by atoms with Gasteiger partial charge in [0.15, 0.2) is 0 Å². The average Bonchev–Trinajstić information content (AvgIpc) is 3.08. The molecule has 0 radical (unpaired) electrons. The average molecular weight is 232 g/mol. The Bertz CT molecular complexity index is 394. The Balaban J connectivity index is 1.88. The van der Waals surface area contributed by atoms with Crippen molar-refractivity contribution in [1.29, 1.82) is 0 Å². The van der Waals surface area contributed by atoms with Crippen LogP contribution in [0.4, 0.5) is 0 Å². The summed E-state index contributed by atoms with van der Waals surface area (Å²) < 4.78 is 4.77. The minimum Gasteiger partial charge on any atom is -0.469 e. The Labute approximate surface area is 103 Å². The summed E-state index contributed by atoms with van der Waals surface area (Å²) in [7, 11) is 1.47. The first-order valence-corrected chi connectivity index (χ1v) is 6.26. The highest BCUT2D eigenvalue weighted by Crippen LogP contribution is 2.45. The van der Waals surface area contributed by atoms with Gasteiger partial charge in [0, 0.05) is 0 Å². The summed E-state index contributed by atoms with van der Waals surface area (Å²) in [5.74, 6) is 1.17. The van der Waals surface area contributed by atoms with Crippen LogP contribution in [0.3, 0.4) is 0 Å². The van der Waals surface area contributed by atoms with Crippen molar-refractivity contribution in [2.75, 3.05) is 7.11 Å². The molecule has 0 amide bonds. The molecule has 1 aromatic rings. The maximum absolute atomic E-state index is 11.3. The number of aryl methyl sites for hydroxylation is 1. The first kappa shape index (κ1) is 12.2. The van der Waals surface area contributed by atoms with Crippen LogP contribution in [0.25, 0.3) is 0 Å². The first-order valence-electron chi connectivity index (χ1n) is 6.26. The van der Waals surface area contributed by atoms with Crippen LogP contribution in [0.1, 0.15) is 36.8 Å². The van der Waals surface area contributed by atoms with E-state index in [1.807, 2.05) is 0 Å². The zero-order chi connectivity index (χ0) is 12.4. The molecule has 2 heteroatoms. The van der Waals surface area contributed by atoms with E-state index in [2.05, 4.69) is 38.1 Å². The lowest BCUT2D eigenvalue weighted by atomic mass is 9.94. The number of hydrogen-bond donors (Lipinski definition) is 0. The largest absolute Gasteiger partial charge is 0.469 e. The Morgan fingerprint density at radius 2 is 2.06 bits per heavy atom. The third-order valence-corrected chi connectivity index (χ3v) is 3.73. The molecule has 0 spiro atoms. The van der Waals surface area contributed by atoms with Crippen LogP contribution in [0.15, 0.2) is 24.3 Å². The van der Waals surface area contributed by atoms with Crippen molar-refractivity contribution in [2.24, 2.45) is 11.8 Å². The second-order valence-corrected chi connectivity index (χ2v) is 5.17. The minimum atomic E-state index is -0.0360. The summed E-state index contributed by atoms with van der Waals surface area (Å²) in [5.41, 5.74) is 2.66. The number of esters is 1. The highest BCUT2D eigenvalue weighted by molar-refractivity contribution is 5.75. The number of rotatable bonds is 4. The number of benzene rings is 1. The van der Waals surface area contributed by atoms with Gasteiger partial charge in [-0.05, 0) is 37.2 Å². The van der Waals surface area contributed by atoms with E-state index in [-0.39, 0.29) is 11.9 Å². The molecule has 0 N–H and O–H groups in total. The summed E-state index contributed by atoms with van der Waals surface area (Å²) >= 11 is 0. The van der Waals surface area contributed by atoms with E-state index in [4.69, 9.17) is 4.74 Å². The molecule has 1 fully saturated rings. The molecule has 3 unspecified atom stereocenters. The van der Waals surface area contributed by atoms with E-state index in [0.29, 0.717) is 11.8 Å². The molecule has 17 heavy (non-hydrogen) atoms. The van der Waals surface area contributed by atoms with Crippen molar-refractivity contribution in [1.82, 2.24) is 0 Å². The molecule has 1 aliphatic rings. The highest BCUT2D eigenvalue weighted by Gasteiger charge is 2.44. The molecule has 0 aliphatic heterocycles. The van der Waals surface area contributed by atoms with Crippen molar-refractivity contribution >= 4 is 5.97 Å². The van der Waals surface area contributed by atoms with Crippen molar-refractivity contribution < 1.29 is 9.53 Å². The van der Waals surface area contributed by atoms with Gasteiger partial charge in [-0.15, -0.1) is 0 Å². The Kier molecular flexibility index (Phi) is 3.51. The number of methoxy groups -OCH3 is 1. The molecule has 2 rings (SSSR count). The van der Waals surface area contributed by atoms with Gasteiger partial charge < -0.3 is 4.74 Å². The number of ether oxygens (including phenoxy) is 1. The van der Waals surface area contributed by atoms with Crippen LogP contribution >= 0.6 is 0 Å². The van der Waals surface area contributed by atoms with Crippen LogP contribution < -0.4 is 0 Å². The van der Waals surface area contributed by atoms with Gasteiger partial charge >= 0.3 is 5.97 Å². The van der Waals surface area contributed by atoms with Gasteiger partial charge in [-0.25, -0.2) is 0 Å². The van der Waals surface area contributed by atoms with Crippen molar-refractivity contribution in [3.8, 4) is 0 Å². The molecule has 92 valence electrons. The summed E-state index contributed by atoms with van der Waals surface area (Å²) in [5, 5.41) is 0. The van der Waals surface area contributed by atoms with Gasteiger partial charge in [-0.3, -0.25) is 4.79 Å². The molecule has 3 atom stereocenters.